The Morgan fingerprint density at radius 1 is 1.50 bits per heavy atom. The Labute approximate surface area is 94.4 Å². The van der Waals surface area contributed by atoms with Crippen LogP contribution in [0.2, 0.25) is 0 Å². The van der Waals surface area contributed by atoms with Crippen LogP contribution in [0.25, 0.3) is 0 Å². The van der Waals surface area contributed by atoms with Gasteiger partial charge in [-0.15, -0.1) is 0 Å². The van der Waals surface area contributed by atoms with Gasteiger partial charge < -0.3 is 15.0 Å². The maximum absolute atomic E-state index is 11.8. The van der Waals surface area contributed by atoms with E-state index in [0.717, 1.165) is 25.9 Å². The van der Waals surface area contributed by atoms with E-state index in [0.29, 0.717) is 11.6 Å². The van der Waals surface area contributed by atoms with Gasteiger partial charge in [0.2, 0.25) is 5.88 Å². The lowest BCUT2D eigenvalue weighted by Gasteiger charge is -2.16. The second kappa shape index (κ2) is 4.83. The highest BCUT2D eigenvalue weighted by Crippen LogP contribution is 2.20. The van der Waals surface area contributed by atoms with E-state index in [2.05, 4.69) is 10.3 Å². The summed E-state index contributed by atoms with van der Waals surface area (Å²) in [5.74, 6) is 0.440. The van der Waals surface area contributed by atoms with Gasteiger partial charge in [0.05, 0.1) is 7.11 Å². The van der Waals surface area contributed by atoms with Crippen molar-refractivity contribution in [1.29, 1.82) is 0 Å². The van der Waals surface area contributed by atoms with Crippen molar-refractivity contribution in [2.45, 2.75) is 12.8 Å². The number of aromatic nitrogens is 1. The van der Waals surface area contributed by atoms with Gasteiger partial charge in [-0.05, 0) is 25.0 Å². The van der Waals surface area contributed by atoms with Crippen molar-refractivity contribution < 1.29 is 9.53 Å². The number of hydrogen-bond donors (Lipinski definition) is 1. The first kappa shape index (κ1) is 10.7. The van der Waals surface area contributed by atoms with E-state index in [1.54, 1.807) is 23.2 Å². The second-order valence-electron chi connectivity index (χ2n) is 3.68. The summed E-state index contributed by atoms with van der Waals surface area (Å²) in [4.78, 5) is 17.6. The Hall–Kier alpha value is -1.78. The minimum absolute atomic E-state index is 0.0798. The van der Waals surface area contributed by atoms with Crippen molar-refractivity contribution in [3.8, 4) is 5.88 Å². The van der Waals surface area contributed by atoms with E-state index in [1.807, 2.05) is 0 Å². The fourth-order valence-electron chi connectivity index (χ4n) is 1.76. The molecule has 0 bridgehead atoms. The molecule has 2 amide bonds. The molecule has 1 fully saturated rings. The molecule has 0 radical (unpaired) electrons. The number of nitrogens with zero attached hydrogens (tertiary/aromatic N) is 2. The molecule has 0 unspecified atom stereocenters. The van der Waals surface area contributed by atoms with Crippen LogP contribution >= 0.6 is 0 Å². The zero-order chi connectivity index (χ0) is 11.4. The Kier molecular flexibility index (Phi) is 3.24. The summed E-state index contributed by atoms with van der Waals surface area (Å²) < 4.78 is 5.06. The fourth-order valence-corrected chi connectivity index (χ4v) is 1.76. The SMILES string of the molecule is COc1ncccc1NC(=O)N1CCCC1. The summed E-state index contributed by atoms with van der Waals surface area (Å²) >= 11 is 0. The van der Waals surface area contributed by atoms with Crippen molar-refractivity contribution in [1.82, 2.24) is 9.88 Å². The van der Waals surface area contributed by atoms with Crippen LogP contribution in [0.4, 0.5) is 10.5 Å². The molecule has 0 atom stereocenters. The number of rotatable bonds is 2. The quantitative estimate of drug-likeness (QED) is 0.827. The summed E-state index contributed by atoms with van der Waals surface area (Å²) in [6.45, 7) is 1.66. The molecule has 2 heterocycles. The lowest BCUT2D eigenvalue weighted by molar-refractivity contribution is 0.222. The average Bonchev–Trinajstić information content (AvgIpc) is 2.83. The predicted octanol–water partition coefficient (Wildman–Crippen LogP) is 1.72. The number of likely N-dealkylation sites (tertiary alicyclic amines) is 1. The van der Waals surface area contributed by atoms with Gasteiger partial charge in [0.15, 0.2) is 0 Å². The first-order valence-corrected chi connectivity index (χ1v) is 5.36. The van der Waals surface area contributed by atoms with Gasteiger partial charge in [-0.1, -0.05) is 0 Å². The second-order valence-corrected chi connectivity index (χ2v) is 3.68. The number of pyridine rings is 1. The predicted molar refractivity (Wildman–Crippen MR) is 60.6 cm³/mol. The smallest absolute Gasteiger partial charge is 0.321 e. The Morgan fingerprint density at radius 3 is 2.94 bits per heavy atom. The van der Waals surface area contributed by atoms with E-state index >= 15 is 0 Å². The maximum Gasteiger partial charge on any atom is 0.321 e. The Bertz CT molecular complexity index is 375. The first-order valence-electron chi connectivity index (χ1n) is 5.36. The van der Waals surface area contributed by atoms with Crippen molar-refractivity contribution in [2.24, 2.45) is 0 Å². The van der Waals surface area contributed by atoms with Crippen molar-refractivity contribution >= 4 is 11.7 Å². The number of carbonyl (C=O) groups is 1. The fraction of sp³-hybridized carbons (Fsp3) is 0.455. The molecule has 0 aliphatic carbocycles. The lowest BCUT2D eigenvalue weighted by Crippen LogP contribution is -2.32. The number of amides is 2. The molecule has 1 aromatic heterocycles. The molecule has 86 valence electrons. The van der Waals surface area contributed by atoms with Crippen LogP contribution in [0.5, 0.6) is 5.88 Å². The monoisotopic (exact) mass is 221 g/mol. The molecule has 1 aliphatic heterocycles. The van der Waals surface area contributed by atoms with Gasteiger partial charge >= 0.3 is 6.03 Å². The van der Waals surface area contributed by atoms with Crippen LogP contribution in [0, 0.1) is 0 Å². The minimum atomic E-state index is -0.0798. The number of ether oxygens (including phenoxy) is 1. The zero-order valence-electron chi connectivity index (χ0n) is 9.27. The van der Waals surface area contributed by atoms with Crippen LogP contribution in [-0.4, -0.2) is 36.1 Å². The molecule has 1 N–H and O–H groups in total. The molecule has 5 nitrogen and oxygen atoms in total. The van der Waals surface area contributed by atoms with E-state index in [9.17, 15) is 4.79 Å². The molecule has 0 aromatic carbocycles. The molecule has 2 rings (SSSR count). The van der Waals surface area contributed by atoms with Crippen LogP contribution < -0.4 is 10.1 Å². The standard InChI is InChI=1S/C11H15N3O2/c1-16-10-9(5-4-6-12-10)13-11(15)14-7-2-3-8-14/h4-6H,2-3,7-8H2,1H3,(H,13,15). The number of hydrogen-bond acceptors (Lipinski definition) is 3. The first-order chi connectivity index (χ1) is 7.81. The summed E-state index contributed by atoms with van der Waals surface area (Å²) in [5, 5.41) is 2.80. The van der Waals surface area contributed by atoms with Gasteiger partial charge in [-0.3, -0.25) is 0 Å². The van der Waals surface area contributed by atoms with E-state index < -0.39 is 0 Å². The third-order valence-corrected chi connectivity index (χ3v) is 2.60. The highest BCUT2D eigenvalue weighted by molar-refractivity contribution is 5.90. The largest absolute Gasteiger partial charge is 0.480 e. The van der Waals surface area contributed by atoms with Gasteiger partial charge in [0, 0.05) is 19.3 Å². The maximum atomic E-state index is 11.8. The molecule has 1 saturated heterocycles. The molecule has 5 heteroatoms. The number of methoxy groups -OCH3 is 1. The summed E-state index contributed by atoms with van der Waals surface area (Å²) in [7, 11) is 1.54. The minimum Gasteiger partial charge on any atom is -0.480 e. The van der Waals surface area contributed by atoms with Crippen LogP contribution in [0.15, 0.2) is 18.3 Å². The van der Waals surface area contributed by atoms with E-state index in [1.165, 1.54) is 7.11 Å². The summed E-state index contributed by atoms with van der Waals surface area (Å²) in [6.07, 6.45) is 3.79. The van der Waals surface area contributed by atoms with Gasteiger partial charge in [-0.25, -0.2) is 9.78 Å². The number of nitrogens with one attached hydrogen (secondary N) is 1. The molecular weight excluding hydrogens is 206 g/mol. The highest BCUT2D eigenvalue weighted by Gasteiger charge is 2.18. The zero-order valence-corrected chi connectivity index (χ0v) is 9.27. The summed E-state index contributed by atoms with van der Waals surface area (Å²) in [5.41, 5.74) is 0.613. The van der Waals surface area contributed by atoms with Gasteiger partial charge in [-0.2, -0.15) is 0 Å². The van der Waals surface area contributed by atoms with Crippen LogP contribution in [0.3, 0.4) is 0 Å². The Morgan fingerprint density at radius 2 is 2.25 bits per heavy atom. The number of anilines is 1. The summed E-state index contributed by atoms with van der Waals surface area (Å²) in [6, 6.07) is 3.46. The van der Waals surface area contributed by atoms with Crippen molar-refractivity contribution in [3.05, 3.63) is 18.3 Å². The molecule has 16 heavy (non-hydrogen) atoms. The molecule has 0 saturated carbocycles. The Balaban J connectivity index is 2.05. The number of urea groups is 1. The van der Waals surface area contributed by atoms with Crippen LogP contribution in [-0.2, 0) is 0 Å². The molecular formula is C11H15N3O2. The highest BCUT2D eigenvalue weighted by atomic mass is 16.5. The lowest BCUT2D eigenvalue weighted by atomic mass is 10.4. The van der Waals surface area contributed by atoms with Crippen LogP contribution in [0.1, 0.15) is 12.8 Å². The molecule has 1 aliphatic rings. The van der Waals surface area contributed by atoms with Crippen molar-refractivity contribution in [3.63, 3.8) is 0 Å². The van der Waals surface area contributed by atoms with Gasteiger partial charge in [0.1, 0.15) is 5.69 Å². The third-order valence-electron chi connectivity index (χ3n) is 2.60. The van der Waals surface area contributed by atoms with E-state index in [-0.39, 0.29) is 6.03 Å². The molecule has 0 spiro atoms. The normalized spacial score (nSPS) is 14.9. The van der Waals surface area contributed by atoms with Crippen molar-refractivity contribution in [2.75, 3.05) is 25.5 Å². The number of carbonyl (C=O) groups excluding carboxylic acids is 1. The third kappa shape index (κ3) is 2.24. The molecule has 1 aromatic rings. The topological polar surface area (TPSA) is 54.5 Å². The average molecular weight is 221 g/mol. The van der Waals surface area contributed by atoms with Gasteiger partial charge in [0.25, 0.3) is 0 Å². The van der Waals surface area contributed by atoms with E-state index in [4.69, 9.17) is 4.74 Å².